The third-order valence-corrected chi connectivity index (χ3v) is 3.68. The molecule has 5 heteroatoms. The first kappa shape index (κ1) is 13.0. The number of hydrogen-bond donors (Lipinski definition) is 1. The fourth-order valence-electron chi connectivity index (χ4n) is 2.54. The van der Waals surface area contributed by atoms with Crippen LogP contribution in [0.5, 0.6) is 0 Å². The lowest BCUT2D eigenvalue weighted by Gasteiger charge is -2.30. The van der Waals surface area contributed by atoms with Gasteiger partial charge in [-0.2, -0.15) is 0 Å². The van der Waals surface area contributed by atoms with Gasteiger partial charge in [0.15, 0.2) is 0 Å². The van der Waals surface area contributed by atoms with E-state index in [2.05, 4.69) is 4.98 Å². The molecule has 1 aromatic heterocycles. The van der Waals surface area contributed by atoms with Crippen molar-refractivity contribution in [2.75, 3.05) is 18.0 Å². The minimum atomic E-state index is -0.483. The summed E-state index contributed by atoms with van der Waals surface area (Å²) in [4.78, 5) is 17.1. The molecule has 1 aliphatic heterocycles. The molecule has 1 N–H and O–H groups in total. The quantitative estimate of drug-likeness (QED) is 0.853. The van der Waals surface area contributed by atoms with Crippen molar-refractivity contribution in [3.63, 3.8) is 0 Å². The van der Waals surface area contributed by atoms with Gasteiger partial charge in [-0.15, -0.1) is 0 Å². The largest absolute Gasteiger partial charge is 0.393 e. The van der Waals surface area contributed by atoms with Crippen molar-refractivity contribution in [3.8, 4) is 0 Å². The summed E-state index contributed by atoms with van der Waals surface area (Å²) in [7, 11) is 0. The van der Waals surface area contributed by atoms with Gasteiger partial charge in [-0.3, -0.25) is 4.79 Å². The Kier molecular flexibility index (Phi) is 3.36. The van der Waals surface area contributed by atoms with E-state index in [9.17, 15) is 14.3 Å². The smallest absolute Gasteiger partial charge is 0.150 e. The number of pyridine rings is 1. The number of carbonyl (C=O) groups is 1. The summed E-state index contributed by atoms with van der Waals surface area (Å²) < 4.78 is 14.0. The minimum Gasteiger partial charge on any atom is -0.393 e. The maximum atomic E-state index is 14.0. The van der Waals surface area contributed by atoms with Crippen molar-refractivity contribution < 1.29 is 14.3 Å². The lowest BCUT2D eigenvalue weighted by atomic mass is 10.1. The molecule has 2 aromatic rings. The average molecular weight is 274 g/mol. The molecule has 0 unspecified atom stereocenters. The monoisotopic (exact) mass is 274 g/mol. The molecular formula is C15H15FN2O2. The Labute approximate surface area is 115 Å². The van der Waals surface area contributed by atoms with Gasteiger partial charge < -0.3 is 10.0 Å². The third-order valence-electron chi connectivity index (χ3n) is 3.68. The van der Waals surface area contributed by atoms with E-state index in [0.29, 0.717) is 49.0 Å². The highest BCUT2D eigenvalue weighted by Crippen LogP contribution is 2.24. The van der Waals surface area contributed by atoms with Crippen LogP contribution in [-0.2, 0) is 0 Å². The molecule has 1 aromatic carbocycles. The number of nitrogens with zero attached hydrogens (tertiary/aromatic N) is 2. The zero-order chi connectivity index (χ0) is 14.1. The molecule has 1 fully saturated rings. The summed E-state index contributed by atoms with van der Waals surface area (Å²) in [5.41, 5.74) is 0.588. The zero-order valence-corrected chi connectivity index (χ0v) is 10.9. The first-order valence-electron chi connectivity index (χ1n) is 6.66. The van der Waals surface area contributed by atoms with E-state index < -0.39 is 5.82 Å². The van der Waals surface area contributed by atoms with Crippen LogP contribution < -0.4 is 4.90 Å². The van der Waals surface area contributed by atoms with Crippen molar-refractivity contribution in [3.05, 3.63) is 35.6 Å². The Morgan fingerprint density at radius 1 is 1.30 bits per heavy atom. The number of aldehydes is 1. The van der Waals surface area contributed by atoms with Gasteiger partial charge in [-0.25, -0.2) is 9.37 Å². The zero-order valence-electron chi connectivity index (χ0n) is 10.9. The van der Waals surface area contributed by atoms with Gasteiger partial charge in [0.25, 0.3) is 0 Å². The molecule has 0 spiro atoms. The van der Waals surface area contributed by atoms with Crippen molar-refractivity contribution in [2.45, 2.75) is 18.9 Å². The van der Waals surface area contributed by atoms with Crippen LogP contribution >= 0.6 is 0 Å². The number of aliphatic hydroxyl groups excluding tert-OH is 1. The van der Waals surface area contributed by atoms with Crippen molar-refractivity contribution in [2.24, 2.45) is 0 Å². The summed E-state index contributed by atoms with van der Waals surface area (Å²) in [5, 5.41) is 10.1. The number of carbonyl (C=O) groups excluding carboxylic acids is 1. The number of fused-ring (bicyclic) bond motifs is 1. The fourth-order valence-corrected chi connectivity index (χ4v) is 2.54. The average Bonchev–Trinajstić information content (AvgIpc) is 2.47. The Bertz CT molecular complexity index is 652. The van der Waals surface area contributed by atoms with Crippen LogP contribution in [0.25, 0.3) is 10.9 Å². The Morgan fingerprint density at radius 2 is 2.05 bits per heavy atom. The maximum absolute atomic E-state index is 14.0. The van der Waals surface area contributed by atoms with E-state index in [1.54, 1.807) is 12.1 Å². The highest BCUT2D eigenvalue weighted by Gasteiger charge is 2.18. The van der Waals surface area contributed by atoms with Crippen LogP contribution in [0.4, 0.5) is 10.2 Å². The third kappa shape index (κ3) is 2.36. The first-order chi connectivity index (χ1) is 9.67. The van der Waals surface area contributed by atoms with E-state index in [1.807, 2.05) is 11.0 Å². The standard InChI is InChI=1S/C15H15FN2O2/c16-13-8-10(9-19)7-11-1-2-14(17-15(11)13)18-5-3-12(20)4-6-18/h1-2,7-9,12,20H,3-6H2. The van der Waals surface area contributed by atoms with Crippen molar-refractivity contribution in [1.29, 1.82) is 0 Å². The van der Waals surface area contributed by atoms with Gasteiger partial charge in [-0.05, 0) is 37.1 Å². The topological polar surface area (TPSA) is 53.4 Å². The molecule has 104 valence electrons. The Balaban J connectivity index is 1.98. The van der Waals surface area contributed by atoms with Crippen LogP contribution in [0.3, 0.4) is 0 Å². The van der Waals surface area contributed by atoms with E-state index in [0.717, 1.165) is 0 Å². The normalized spacial score (nSPS) is 16.6. The van der Waals surface area contributed by atoms with Crippen molar-refractivity contribution in [1.82, 2.24) is 4.98 Å². The summed E-state index contributed by atoms with van der Waals surface area (Å²) in [6, 6.07) is 6.43. The number of aliphatic hydroxyl groups is 1. The van der Waals surface area contributed by atoms with Gasteiger partial charge in [-0.1, -0.05) is 0 Å². The van der Waals surface area contributed by atoms with Crippen LogP contribution in [0.2, 0.25) is 0 Å². The summed E-state index contributed by atoms with van der Waals surface area (Å²) in [5.74, 6) is 0.227. The number of anilines is 1. The second-order valence-electron chi connectivity index (χ2n) is 5.08. The predicted molar refractivity (Wildman–Crippen MR) is 74.5 cm³/mol. The summed E-state index contributed by atoms with van der Waals surface area (Å²) >= 11 is 0. The number of benzene rings is 1. The number of aromatic nitrogens is 1. The number of piperidine rings is 1. The molecule has 0 bridgehead atoms. The molecular weight excluding hydrogens is 259 g/mol. The van der Waals surface area contributed by atoms with Crippen molar-refractivity contribution >= 4 is 23.0 Å². The van der Waals surface area contributed by atoms with E-state index in [1.165, 1.54) is 6.07 Å². The SMILES string of the molecule is O=Cc1cc(F)c2nc(N3CCC(O)CC3)ccc2c1. The van der Waals surface area contributed by atoms with Gasteiger partial charge >= 0.3 is 0 Å². The molecule has 0 amide bonds. The predicted octanol–water partition coefficient (Wildman–Crippen LogP) is 2.15. The van der Waals surface area contributed by atoms with Gasteiger partial charge in [0, 0.05) is 24.0 Å². The molecule has 0 aliphatic carbocycles. The number of halogens is 1. The molecule has 1 saturated heterocycles. The number of rotatable bonds is 2. The fraction of sp³-hybridized carbons (Fsp3) is 0.333. The summed E-state index contributed by atoms with van der Waals surface area (Å²) in [6.45, 7) is 1.43. The molecule has 0 atom stereocenters. The van der Waals surface area contributed by atoms with Gasteiger partial charge in [0.05, 0.1) is 6.10 Å². The molecule has 0 radical (unpaired) electrons. The van der Waals surface area contributed by atoms with Crippen LogP contribution in [0.15, 0.2) is 24.3 Å². The Hall–Kier alpha value is -2.01. The molecule has 4 nitrogen and oxygen atoms in total. The second-order valence-corrected chi connectivity index (χ2v) is 5.08. The lowest BCUT2D eigenvalue weighted by Crippen LogP contribution is -2.36. The van der Waals surface area contributed by atoms with Crippen LogP contribution in [0.1, 0.15) is 23.2 Å². The molecule has 3 rings (SSSR count). The number of hydrogen-bond acceptors (Lipinski definition) is 4. The highest BCUT2D eigenvalue weighted by molar-refractivity contribution is 5.88. The minimum absolute atomic E-state index is 0.251. The first-order valence-corrected chi connectivity index (χ1v) is 6.66. The van der Waals surface area contributed by atoms with Gasteiger partial charge in [0.2, 0.25) is 0 Å². The Morgan fingerprint density at radius 3 is 2.75 bits per heavy atom. The van der Waals surface area contributed by atoms with E-state index in [4.69, 9.17) is 0 Å². The second kappa shape index (κ2) is 5.17. The van der Waals surface area contributed by atoms with E-state index in [-0.39, 0.29) is 11.6 Å². The molecule has 1 aliphatic rings. The molecule has 20 heavy (non-hydrogen) atoms. The van der Waals surface area contributed by atoms with Crippen LogP contribution in [-0.4, -0.2) is 35.6 Å². The molecule has 0 saturated carbocycles. The summed E-state index contributed by atoms with van der Waals surface area (Å²) in [6.07, 6.45) is 1.78. The molecule has 2 heterocycles. The van der Waals surface area contributed by atoms with E-state index >= 15 is 0 Å². The van der Waals surface area contributed by atoms with Gasteiger partial charge in [0.1, 0.15) is 23.4 Å². The van der Waals surface area contributed by atoms with Crippen LogP contribution in [0, 0.1) is 5.82 Å². The highest BCUT2D eigenvalue weighted by atomic mass is 19.1. The lowest BCUT2D eigenvalue weighted by molar-refractivity contribution is 0.112. The maximum Gasteiger partial charge on any atom is 0.150 e.